The molecule has 42 heavy (non-hydrogen) atoms. The fourth-order valence-corrected chi connectivity index (χ4v) is 6.57. The van der Waals surface area contributed by atoms with Gasteiger partial charge in [0, 0.05) is 51.7 Å². The van der Waals surface area contributed by atoms with Gasteiger partial charge in [0.2, 0.25) is 0 Å². The van der Waals surface area contributed by atoms with Crippen molar-refractivity contribution in [1.82, 2.24) is 13.6 Å². The summed E-state index contributed by atoms with van der Waals surface area (Å²) in [5.41, 5.74) is 2.96. The van der Waals surface area contributed by atoms with Crippen molar-refractivity contribution in [2.24, 2.45) is 11.3 Å². The average molecular weight is 661 g/mol. The molecule has 1 aromatic carbocycles. The summed E-state index contributed by atoms with van der Waals surface area (Å²) in [6, 6.07) is 5.92. The molecule has 1 aromatic heterocycles. The molecule has 0 bridgehead atoms. The number of methoxy groups -OCH3 is 1. The summed E-state index contributed by atoms with van der Waals surface area (Å²) >= 11 is 4.83. The number of fused-ring (bicyclic) bond motifs is 1. The second-order valence-electron chi connectivity index (χ2n) is 11.1. The summed E-state index contributed by atoms with van der Waals surface area (Å²) in [6.07, 6.45) is 11.0. The lowest BCUT2D eigenvalue weighted by atomic mass is 9.90. The maximum absolute atomic E-state index is 13.7. The van der Waals surface area contributed by atoms with Crippen LogP contribution in [0.15, 0.2) is 58.9 Å². The van der Waals surface area contributed by atoms with E-state index in [1.54, 1.807) is 7.11 Å². The molecule has 0 aliphatic heterocycles. The van der Waals surface area contributed by atoms with Gasteiger partial charge < -0.3 is 14.0 Å². The summed E-state index contributed by atoms with van der Waals surface area (Å²) in [6.45, 7) is 13.1. The number of carbonyl (C=O) groups is 2. The van der Waals surface area contributed by atoms with Gasteiger partial charge in [0.05, 0.1) is 19.1 Å². The van der Waals surface area contributed by atoms with E-state index in [2.05, 4.69) is 57.9 Å². The fourth-order valence-electron chi connectivity index (χ4n) is 5.80. The van der Waals surface area contributed by atoms with E-state index in [1.165, 1.54) is 17.7 Å². The van der Waals surface area contributed by atoms with Crippen LogP contribution in [0.25, 0.3) is 10.9 Å². The molecule has 1 saturated carbocycles. The van der Waals surface area contributed by atoms with E-state index in [9.17, 15) is 9.59 Å². The van der Waals surface area contributed by atoms with Gasteiger partial charge in [0.15, 0.2) is 0 Å². The maximum Gasteiger partial charge on any atom is 0.314 e. The molecular formula is C33H46BrN3O4S. The highest BCUT2D eigenvalue weighted by atomic mass is 79.9. The predicted octanol–water partition coefficient (Wildman–Crippen LogP) is 8.13. The lowest BCUT2D eigenvalue weighted by Crippen LogP contribution is -2.27. The molecular weight excluding hydrogens is 614 g/mol. The molecule has 3 rings (SSSR count). The smallest absolute Gasteiger partial charge is 0.314 e. The summed E-state index contributed by atoms with van der Waals surface area (Å²) < 4.78 is 18.8. The fraction of sp³-hybridized carbons (Fsp3) is 0.515. The van der Waals surface area contributed by atoms with Crippen LogP contribution in [0.3, 0.4) is 0 Å². The molecule has 1 N–H and O–H groups in total. The van der Waals surface area contributed by atoms with E-state index >= 15 is 0 Å². The first-order chi connectivity index (χ1) is 20.1. The zero-order valence-electron chi connectivity index (χ0n) is 26.1. The molecule has 230 valence electrons. The largest absolute Gasteiger partial charge is 0.497 e. The Labute approximate surface area is 264 Å². The normalized spacial score (nSPS) is 19.0. The quantitative estimate of drug-likeness (QED) is 0.0849. The Bertz CT molecular complexity index is 1340. The van der Waals surface area contributed by atoms with Crippen LogP contribution in [0.1, 0.15) is 81.6 Å². The highest BCUT2D eigenvalue weighted by Gasteiger charge is 2.63. The minimum atomic E-state index is -0.765. The number of esters is 1. The maximum atomic E-state index is 13.7. The summed E-state index contributed by atoms with van der Waals surface area (Å²) in [7, 11) is 5.39. The summed E-state index contributed by atoms with van der Waals surface area (Å²) in [5, 5.41) is 1.13. The van der Waals surface area contributed by atoms with Crippen LogP contribution in [0.4, 0.5) is 0 Å². The molecule has 1 heterocycles. The van der Waals surface area contributed by atoms with E-state index < -0.39 is 5.41 Å². The van der Waals surface area contributed by atoms with Crippen LogP contribution in [-0.2, 0) is 20.8 Å². The number of ether oxygens (including phenoxy) is 2. The highest BCUT2D eigenvalue weighted by molar-refractivity contribution is 9.11. The third-order valence-electron chi connectivity index (χ3n) is 7.93. The standard InChI is InChI=1S/C33H46BrN3O4S/c1-9-13-23(14-10-2)28-20-37(30-17-24(15-16-26(28)30)31(38)35-42-36(6)7)21-33(32(39)41-12-4)19-29(33)27(22(5)34)18-25(11-3)40-8/h11,15-18,20,23,29H,5,9-10,12-14,19,21H2,1-4,6-8H3,(H,35,38)/b25-11+,27-18+. The van der Waals surface area contributed by atoms with Crippen LogP contribution in [0, 0.1) is 11.3 Å². The third kappa shape index (κ3) is 7.71. The molecule has 1 amide bonds. The second kappa shape index (κ2) is 15.3. The van der Waals surface area contributed by atoms with Crippen LogP contribution in [0.5, 0.6) is 0 Å². The second-order valence-corrected chi connectivity index (χ2v) is 13.2. The Morgan fingerprint density at radius 2 is 1.95 bits per heavy atom. The molecule has 9 heteroatoms. The number of nitrogens with zero attached hydrogens (tertiary/aromatic N) is 2. The van der Waals surface area contributed by atoms with E-state index in [1.807, 2.05) is 56.5 Å². The van der Waals surface area contributed by atoms with E-state index in [0.717, 1.165) is 46.6 Å². The van der Waals surface area contributed by atoms with Crippen molar-refractivity contribution < 1.29 is 19.1 Å². The first-order valence-corrected chi connectivity index (χ1v) is 16.3. The van der Waals surface area contributed by atoms with E-state index in [4.69, 9.17) is 9.47 Å². The van der Waals surface area contributed by atoms with E-state index in [-0.39, 0.29) is 17.8 Å². The molecule has 0 saturated heterocycles. The Kier molecular flexibility index (Phi) is 12.4. The zero-order chi connectivity index (χ0) is 31.0. The predicted molar refractivity (Wildman–Crippen MR) is 177 cm³/mol. The number of hydrogen-bond donors (Lipinski definition) is 1. The number of halogens is 1. The van der Waals surface area contributed by atoms with Crippen molar-refractivity contribution in [3.05, 3.63) is 70.1 Å². The third-order valence-corrected chi connectivity index (χ3v) is 9.03. The topological polar surface area (TPSA) is 72.8 Å². The molecule has 2 unspecified atom stereocenters. The first-order valence-electron chi connectivity index (χ1n) is 14.8. The number of benzene rings is 1. The van der Waals surface area contributed by atoms with Crippen molar-refractivity contribution in [2.75, 3.05) is 27.8 Å². The molecule has 0 spiro atoms. The monoisotopic (exact) mass is 659 g/mol. The zero-order valence-corrected chi connectivity index (χ0v) is 28.5. The molecule has 1 aliphatic rings. The van der Waals surface area contributed by atoms with E-state index in [0.29, 0.717) is 36.8 Å². The Balaban J connectivity index is 2.16. The van der Waals surface area contributed by atoms with Gasteiger partial charge in [0.1, 0.15) is 5.76 Å². The van der Waals surface area contributed by atoms with Gasteiger partial charge in [-0.2, -0.15) is 0 Å². The van der Waals surface area contributed by atoms with Gasteiger partial charge in [0.25, 0.3) is 5.91 Å². The number of amides is 1. The Morgan fingerprint density at radius 1 is 1.26 bits per heavy atom. The minimum Gasteiger partial charge on any atom is -0.497 e. The highest BCUT2D eigenvalue weighted by Crippen LogP contribution is 2.60. The molecule has 7 nitrogen and oxygen atoms in total. The van der Waals surface area contributed by atoms with Gasteiger partial charge in [-0.25, -0.2) is 4.31 Å². The average Bonchev–Trinajstić information content (AvgIpc) is 3.57. The first kappa shape index (κ1) is 34.0. The van der Waals surface area contributed by atoms with Crippen molar-refractivity contribution in [1.29, 1.82) is 0 Å². The molecule has 0 radical (unpaired) electrons. The Morgan fingerprint density at radius 3 is 2.50 bits per heavy atom. The van der Waals surface area contributed by atoms with Crippen molar-refractivity contribution in [3.8, 4) is 0 Å². The number of carbonyl (C=O) groups excluding carboxylic acids is 2. The SMILES string of the molecule is C=C(Br)/C(=C\C(=C/C)OC)C1CC1(Cn1cc(C(CCC)CCC)c2ccc(C(=O)NSN(C)C)cc21)C(=O)OCC. The van der Waals surface area contributed by atoms with Gasteiger partial charge >= 0.3 is 5.97 Å². The van der Waals surface area contributed by atoms with Crippen LogP contribution in [0.2, 0.25) is 0 Å². The van der Waals surface area contributed by atoms with Gasteiger partial charge in [-0.3, -0.25) is 14.3 Å². The summed E-state index contributed by atoms with van der Waals surface area (Å²) in [5.74, 6) is 0.634. The Hall–Kier alpha value is -2.49. The van der Waals surface area contributed by atoms with Crippen molar-refractivity contribution in [3.63, 3.8) is 0 Å². The van der Waals surface area contributed by atoms with Crippen LogP contribution < -0.4 is 4.72 Å². The van der Waals surface area contributed by atoms with Gasteiger partial charge in [-0.1, -0.05) is 55.3 Å². The number of nitrogens with one attached hydrogen (secondary N) is 1. The lowest BCUT2D eigenvalue weighted by molar-refractivity contribution is -0.150. The lowest BCUT2D eigenvalue weighted by Gasteiger charge is -2.19. The van der Waals surface area contributed by atoms with Crippen molar-refractivity contribution >= 4 is 50.8 Å². The molecule has 2 aromatic rings. The molecule has 2 atom stereocenters. The molecule has 1 aliphatic carbocycles. The van der Waals surface area contributed by atoms with Gasteiger partial charge in [-0.15, -0.1) is 0 Å². The number of allylic oxidation sites excluding steroid dienone is 4. The number of rotatable bonds is 16. The number of aromatic nitrogens is 1. The molecule has 1 fully saturated rings. The number of hydrogen-bond acceptors (Lipinski definition) is 6. The van der Waals surface area contributed by atoms with Gasteiger partial charge in [-0.05, 0) is 88.5 Å². The van der Waals surface area contributed by atoms with Crippen LogP contribution >= 0.6 is 28.1 Å². The minimum absolute atomic E-state index is 0.0977. The van der Waals surface area contributed by atoms with Crippen molar-refractivity contribution in [2.45, 2.75) is 72.3 Å². The summed E-state index contributed by atoms with van der Waals surface area (Å²) in [4.78, 5) is 26.7. The van der Waals surface area contributed by atoms with Crippen LogP contribution in [-0.4, -0.2) is 48.6 Å².